The van der Waals surface area contributed by atoms with Crippen molar-refractivity contribution in [3.63, 3.8) is 0 Å². The van der Waals surface area contributed by atoms with E-state index in [0.29, 0.717) is 0 Å². The molecule has 0 aromatic carbocycles. The van der Waals surface area contributed by atoms with Crippen LogP contribution in [0, 0.1) is 0 Å². The maximum Gasteiger partial charge on any atom is 0.332 e. The Labute approximate surface area is 122 Å². The molecule has 0 aliphatic carbocycles. The van der Waals surface area contributed by atoms with E-state index in [1.165, 1.54) is 14.1 Å². The summed E-state index contributed by atoms with van der Waals surface area (Å²) in [5.74, 6) is -0.639. The molecule has 8 nitrogen and oxygen atoms in total. The molecule has 1 aromatic heterocycles. The highest BCUT2D eigenvalue weighted by Crippen LogP contribution is 2.07. The average Bonchev–Trinajstić information content (AvgIpc) is 2.31. The van der Waals surface area contributed by atoms with Crippen LogP contribution in [0.15, 0.2) is 9.59 Å². The molecule has 0 spiro atoms. The zero-order chi connectivity index (χ0) is 16.5. The standard InChI is InChI=1S/C13H22N4O4/c1-13(2,21)7-15(3)6-8(18)9-10(14)16(4)12(20)17(5)11(9)19/h21H,6-7,14H2,1-5H3. The number of anilines is 1. The molecule has 0 unspecified atom stereocenters. The number of likely N-dealkylation sites (N-methyl/N-ethyl adjacent to an activating group) is 1. The van der Waals surface area contributed by atoms with Gasteiger partial charge < -0.3 is 10.8 Å². The summed E-state index contributed by atoms with van der Waals surface area (Å²) in [5.41, 5.74) is 3.25. The van der Waals surface area contributed by atoms with E-state index >= 15 is 0 Å². The van der Waals surface area contributed by atoms with Crippen LogP contribution in [-0.2, 0) is 14.1 Å². The van der Waals surface area contributed by atoms with E-state index in [0.717, 1.165) is 9.13 Å². The minimum absolute atomic E-state index is 0.0817. The van der Waals surface area contributed by atoms with Crippen LogP contribution in [0.2, 0.25) is 0 Å². The number of aromatic nitrogens is 2. The first-order valence-electron chi connectivity index (χ1n) is 6.45. The van der Waals surface area contributed by atoms with Gasteiger partial charge in [0.25, 0.3) is 5.56 Å². The molecule has 0 aliphatic rings. The summed E-state index contributed by atoms with van der Waals surface area (Å²) in [7, 11) is 4.34. The van der Waals surface area contributed by atoms with Gasteiger partial charge in [-0.3, -0.25) is 23.6 Å². The number of hydrogen-bond acceptors (Lipinski definition) is 6. The minimum Gasteiger partial charge on any atom is -0.389 e. The number of rotatable bonds is 5. The highest BCUT2D eigenvalue weighted by Gasteiger charge is 2.23. The normalized spacial score (nSPS) is 12.0. The quantitative estimate of drug-likeness (QED) is 0.644. The van der Waals surface area contributed by atoms with Crippen molar-refractivity contribution in [2.24, 2.45) is 14.1 Å². The second kappa shape index (κ2) is 5.82. The molecule has 0 atom stereocenters. The Bertz CT molecular complexity index is 666. The number of ketones is 1. The van der Waals surface area contributed by atoms with E-state index in [-0.39, 0.29) is 24.5 Å². The second-order valence-electron chi connectivity index (χ2n) is 5.87. The van der Waals surface area contributed by atoms with E-state index < -0.39 is 22.6 Å². The summed E-state index contributed by atoms with van der Waals surface area (Å²) in [5, 5.41) is 9.72. The Morgan fingerprint density at radius 1 is 1.29 bits per heavy atom. The molecule has 0 bridgehead atoms. The van der Waals surface area contributed by atoms with E-state index in [1.807, 2.05) is 0 Å². The van der Waals surface area contributed by atoms with Crippen molar-refractivity contribution >= 4 is 11.6 Å². The molecule has 0 fully saturated rings. The van der Waals surface area contributed by atoms with Crippen LogP contribution in [0.1, 0.15) is 24.2 Å². The Morgan fingerprint density at radius 3 is 2.29 bits per heavy atom. The van der Waals surface area contributed by atoms with Gasteiger partial charge in [-0.15, -0.1) is 0 Å². The van der Waals surface area contributed by atoms with E-state index in [1.54, 1.807) is 25.8 Å². The first-order chi connectivity index (χ1) is 9.45. The molecule has 0 saturated carbocycles. The van der Waals surface area contributed by atoms with Crippen molar-refractivity contribution in [3.05, 3.63) is 26.4 Å². The lowest BCUT2D eigenvalue weighted by molar-refractivity contribution is 0.0439. The van der Waals surface area contributed by atoms with Crippen LogP contribution in [0.25, 0.3) is 0 Å². The molecule has 1 rings (SSSR count). The molecule has 0 radical (unpaired) electrons. The van der Waals surface area contributed by atoms with Gasteiger partial charge in [0, 0.05) is 20.6 Å². The molecule has 3 N–H and O–H groups in total. The fourth-order valence-corrected chi connectivity index (χ4v) is 2.16. The summed E-state index contributed by atoms with van der Waals surface area (Å²) >= 11 is 0. The highest BCUT2D eigenvalue weighted by atomic mass is 16.3. The van der Waals surface area contributed by atoms with Gasteiger partial charge in [0.05, 0.1) is 12.1 Å². The lowest BCUT2D eigenvalue weighted by Crippen LogP contribution is -2.44. The molecule has 1 aromatic rings. The Kier molecular flexibility index (Phi) is 4.75. The van der Waals surface area contributed by atoms with Gasteiger partial charge in [-0.05, 0) is 20.9 Å². The van der Waals surface area contributed by atoms with Crippen molar-refractivity contribution in [3.8, 4) is 0 Å². The van der Waals surface area contributed by atoms with Gasteiger partial charge in [0.2, 0.25) is 0 Å². The molecule has 118 valence electrons. The molecular formula is C13H22N4O4. The smallest absolute Gasteiger partial charge is 0.332 e. The molecule has 0 saturated heterocycles. The van der Waals surface area contributed by atoms with Crippen LogP contribution in [-0.4, -0.2) is 50.7 Å². The number of nitrogen functional groups attached to an aromatic ring is 1. The van der Waals surface area contributed by atoms with Gasteiger partial charge in [0.15, 0.2) is 5.78 Å². The maximum absolute atomic E-state index is 12.3. The van der Waals surface area contributed by atoms with Gasteiger partial charge >= 0.3 is 5.69 Å². The molecule has 21 heavy (non-hydrogen) atoms. The second-order valence-corrected chi connectivity index (χ2v) is 5.87. The fraction of sp³-hybridized carbons (Fsp3) is 0.615. The van der Waals surface area contributed by atoms with Crippen molar-refractivity contribution < 1.29 is 9.90 Å². The largest absolute Gasteiger partial charge is 0.389 e. The summed E-state index contributed by atoms with van der Waals surface area (Å²) in [6.45, 7) is 3.41. The van der Waals surface area contributed by atoms with Crippen molar-refractivity contribution in [1.82, 2.24) is 14.0 Å². The number of aliphatic hydroxyl groups is 1. The van der Waals surface area contributed by atoms with Crippen LogP contribution in [0.4, 0.5) is 5.82 Å². The number of nitrogens with two attached hydrogens (primary N) is 1. The van der Waals surface area contributed by atoms with Gasteiger partial charge in [0.1, 0.15) is 11.4 Å². The van der Waals surface area contributed by atoms with Crippen molar-refractivity contribution in [1.29, 1.82) is 0 Å². The molecule has 8 heteroatoms. The van der Waals surface area contributed by atoms with Gasteiger partial charge in [-0.25, -0.2) is 4.79 Å². The minimum atomic E-state index is -0.963. The zero-order valence-corrected chi connectivity index (χ0v) is 13.0. The maximum atomic E-state index is 12.3. The third-order valence-electron chi connectivity index (χ3n) is 3.06. The summed E-state index contributed by atoms with van der Waals surface area (Å²) in [4.78, 5) is 37.6. The first-order valence-corrected chi connectivity index (χ1v) is 6.45. The SMILES string of the molecule is CN(CC(=O)c1c(N)n(C)c(=O)n(C)c1=O)CC(C)(C)O. The summed E-state index contributed by atoms with van der Waals surface area (Å²) in [6, 6.07) is 0. The average molecular weight is 298 g/mol. The number of hydrogen-bond donors (Lipinski definition) is 2. The lowest BCUT2D eigenvalue weighted by Gasteiger charge is -2.24. The Balaban J connectivity index is 3.16. The van der Waals surface area contributed by atoms with E-state index in [4.69, 9.17) is 5.73 Å². The van der Waals surface area contributed by atoms with E-state index in [2.05, 4.69) is 0 Å². The zero-order valence-electron chi connectivity index (χ0n) is 13.0. The lowest BCUT2D eigenvalue weighted by atomic mass is 10.1. The van der Waals surface area contributed by atoms with Crippen molar-refractivity contribution in [2.75, 3.05) is 25.9 Å². The predicted octanol–water partition coefficient (Wildman–Crippen LogP) is -1.45. The Morgan fingerprint density at radius 2 is 1.81 bits per heavy atom. The molecule has 0 amide bonds. The third kappa shape index (κ3) is 3.79. The highest BCUT2D eigenvalue weighted by molar-refractivity contribution is 6.01. The van der Waals surface area contributed by atoms with Crippen molar-refractivity contribution in [2.45, 2.75) is 19.4 Å². The molecule has 0 aliphatic heterocycles. The topological polar surface area (TPSA) is 111 Å². The van der Waals surface area contributed by atoms with Gasteiger partial charge in [-0.1, -0.05) is 0 Å². The van der Waals surface area contributed by atoms with E-state index in [9.17, 15) is 19.5 Å². The third-order valence-corrected chi connectivity index (χ3v) is 3.06. The Hall–Kier alpha value is -1.93. The molecule has 1 heterocycles. The summed E-state index contributed by atoms with van der Waals surface area (Å²) in [6.07, 6.45) is 0. The first kappa shape index (κ1) is 17.1. The number of carbonyl (C=O) groups excluding carboxylic acids is 1. The van der Waals surface area contributed by atoms with Crippen LogP contribution in [0.3, 0.4) is 0 Å². The van der Waals surface area contributed by atoms with Crippen LogP contribution < -0.4 is 17.0 Å². The van der Waals surface area contributed by atoms with Crippen LogP contribution in [0.5, 0.6) is 0 Å². The predicted molar refractivity (Wildman–Crippen MR) is 79.5 cm³/mol. The molecular weight excluding hydrogens is 276 g/mol. The monoisotopic (exact) mass is 298 g/mol. The fourth-order valence-electron chi connectivity index (χ4n) is 2.16. The number of Topliss-reactive ketones (excluding diaryl/α,β-unsaturated/α-hetero) is 1. The van der Waals surface area contributed by atoms with Crippen LogP contribution >= 0.6 is 0 Å². The number of carbonyl (C=O) groups is 1. The van der Waals surface area contributed by atoms with Gasteiger partial charge in [-0.2, -0.15) is 0 Å². The number of nitrogens with zero attached hydrogens (tertiary/aromatic N) is 3. The summed E-state index contributed by atoms with van der Waals surface area (Å²) < 4.78 is 1.91.